The summed E-state index contributed by atoms with van der Waals surface area (Å²) in [4.78, 5) is -0.0563. The maximum Gasteiger partial charge on any atom is 0.221 e. The topological polar surface area (TPSA) is 92.9 Å². The number of aliphatic hydroxyl groups is 1. The zero-order valence-corrected chi connectivity index (χ0v) is 10.6. The van der Waals surface area contributed by atoms with Gasteiger partial charge in [0.1, 0.15) is 5.75 Å². The Hall–Kier alpha value is -0.280. The Labute approximate surface area is 100 Å². The van der Waals surface area contributed by atoms with Gasteiger partial charge in [0.2, 0.25) is 10.0 Å². The Kier molecular flexibility index (Phi) is 4.62. The van der Waals surface area contributed by atoms with E-state index in [0.717, 1.165) is 0 Å². The van der Waals surface area contributed by atoms with E-state index in [1.165, 1.54) is 4.31 Å². The van der Waals surface area contributed by atoms with Crippen molar-refractivity contribution in [3.8, 4) is 0 Å². The van der Waals surface area contributed by atoms with Gasteiger partial charge in [0.15, 0.2) is 0 Å². The number of hydrogen-bond acceptors (Lipinski definition) is 5. The monoisotopic (exact) mass is 268 g/mol. The van der Waals surface area contributed by atoms with Crippen molar-refractivity contribution >= 4 is 27.2 Å². The third-order valence-electron chi connectivity index (χ3n) is 2.33. The Bertz CT molecular complexity index is 357. The van der Waals surface area contributed by atoms with Gasteiger partial charge in [-0.1, -0.05) is 12.2 Å². The third kappa shape index (κ3) is 3.36. The van der Waals surface area contributed by atoms with E-state index in [0.29, 0.717) is 0 Å². The second-order valence-electron chi connectivity index (χ2n) is 3.78. The molecule has 0 aliphatic carbocycles. The molecular formula is C8H16N2O4S2. The van der Waals surface area contributed by atoms with E-state index in [1.807, 2.05) is 0 Å². The molecule has 0 aromatic rings. The fourth-order valence-electron chi connectivity index (χ4n) is 1.55. The van der Waals surface area contributed by atoms with Gasteiger partial charge >= 0.3 is 0 Å². The summed E-state index contributed by atoms with van der Waals surface area (Å²) in [5.74, 6) is -0.342. The lowest BCUT2D eigenvalue weighted by molar-refractivity contribution is -0.0515. The van der Waals surface area contributed by atoms with E-state index >= 15 is 0 Å². The van der Waals surface area contributed by atoms with Crippen LogP contribution in [0.4, 0.5) is 0 Å². The Morgan fingerprint density at radius 2 is 2.31 bits per heavy atom. The lowest BCUT2D eigenvalue weighted by Crippen LogP contribution is -2.53. The van der Waals surface area contributed by atoms with Crippen molar-refractivity contribution in [2.24, 2.45) is 5.73 Å². The second-order valence-corrected chi connectivity index (χ2v) is 6.23. The summed E-state index contributed by atoms with van der Waals surface area (Å²) in [6.45, 7) is 1.95. The highest BCUT2D eigenvalue weighted by molar-refractivity contribution is 7.92. The summed E-state index contributed by atoms with van der Waals surface area (Å²) in [6, 6.07) is -0.262. The van der Waals surface area contributed by atoms with Gasteiger partial charge in [-0.2, -0.15) is 4.31 Å². The summed E-state index contributed by atoms with van der Waals surface area (Å²) in [5, 5.41) is 8.95. The number of aliphatic hydroxyl groups excluding tert-OH is 1. The van der Waals surface area contributed by atoms with Crippen molar-refractivity contribution < 1.29 is 18.3 Å². The molecule has 3 N–H and O–H groups in total. The first-order chi connectivity index (χ1) is 7.36. The molecule has 0 aromatic heterocycles. The molecule has 1 saturated heterocycles. The van der Waals surface area contributed by atoms with Crippen molar-refractivity contribution in [1.29, 1.82) is 0 Å². The van der Waals surface area contributed by atoms with Crippen LogP contribution < -0.4 is 5.73 Å². The molecule has 1 rings (SSSR count). The van der Waals surface area contributed by atoms with Crippen LogP contribution in [0.3, 0.4) is 0 Å². The van der Waals surface area contributed by atoms with Crippen LogP contribution in [-0.4, -0.2) is 60.5 Å². The number of nitrogens with two attached hydrogens (primary N) is 1. The van der Waals surface area contributed by atoms with Gasteiger partial charge in [0.05, 0.1) is 24.3 Å². The van der Waals surface area contributed by atoms with Crippen molar-refractivity contribution in [2.75, 3.05) is 25.5 Å². The number of hydrogen-bond donors (Lipinski definition) is 2. The number of rotatable bonds is 4. The first-order valence-corrected chi connectivity index (χ1v) is 6.89. The minimum Gasteiger partial charge on any atom is -0.394 e. The standard InChI is InChI=1S/C8H16N2O4S2/c1-6-4-14-7(3-11)2-10(6)16(12,13)5-8(9)15/h6-7,11H,2-5H2,1H3,(H2,9,15). The van der Waals surface area contributed by atoms with Crippen LogP contribution in [0.25, 0.3) is 0 Å². The van der Waals surface area contributed by atoms with Crippen molar-refractivity contribution in [3.05, 3.63) is 0 Å². The summed E-state index contributed by atoms with van der Waals surface area (Å²) >= 11 is 4.60. The maximum absolute atomic E-state index is 11.9. The first kappa shape index (κ1) is 13.8. The molecule has 1 aliphatic rings. The van der Waals surface area contributed by atoms with Crippen LogP contribution in [0.5, 0.6) is 0 Å². The molecule has 1 fully saturated rings. The van der Waals surface area contributed by atoms with Gasteiger partial charge in [0.25, 0.3) is 0 Å². The molecule has 0 bridgehead atoms. The van der Waals surface area contributed by atoms with Crippen LogP contribution >= 0.6 is 12.2 Å². The van der Waals surface area contributed by atoms with E-state index in [4.69, 9.17) is 15.6 Å². The van der Waals surface area contributed by atoms with E-state index in [-0.39, 0.29) is 36.5 Å². The molecule has 1 aliphatic heterocycles. The highest BCUT2D eigenvalue weighted by atomic mass is 32.2. The third-order valence-corrected chi connectivity index (χ3v) is 4.56. The minimum absolute atomic E-state index is 0.0563. The van der Waals surface area contributed by atoms with Crippen LogP contribution in [0.2, 0.25) is 0 Å². The van der Waals surface area contributed by atoms with Gasteiger partial charge in [-0.25, -0.2) is 8.42 Å². The van der Waals surface area contributed by atoms with Crippen LogP contribution in [-0.2, 0) is 14.8 Å². The molecule has 2 atom stereocenters. The maximum atomic E-state index is 11.9. The van der Waals surface area contributed by atoms with Gasteiger partial charge in [0, 0.05) is 12.6 Å². The fourth-order valence-corrected chi connectivity index (χ4v) is 3.53. The first-order valence-electron chi connectivity index (χ1n) is 4.87. The van der Waals surface area contributed by atoms with Crippen molar-refractivity contribution in [3.63, 3.8) is 0 Å². The zero-order valence-electron chi connectivity index (χ0n) is 9.00. The number of thiocarbonyl (C=S) groups is 1. The number of sulfonamides is 1. The van der Waals surface area contributed by atoms with E-state index in [2.05, 4.69) is 12.2 Å². The Balaban J connectivity index is 2.79. The fraction of sp³-hybridized carbons (Fsp3) is 0.875. The molecule has 2 unspecified atom stereocenters. The molecule has 0 amide bonds. The lowest BCUT2D eigenvalue weighted by atomic mass is 10.2. The smallest absolute Gasteiger partial charge is 0.221 e. The highest BCUT2D eigenvalue weighted by Crippen LogP contribution is 2.16. The van der Waals surface area contributed by atoms with Crippen molar-refractivity contribution in [2.45, 2.75) is 19.1 Å². The van der Waals surface area contributed by atoms with Crippen LogP contribution in [0.15, 0.2) is 0 Å². The lowest BCUT2D eigenvalue weighted by Gasteiger charge is -2.36. The summed E-state index contributed by atoms with van der Waals surface area (Å²) in [5.41, 5.74) is 5.24. The average molecular weight is 268 g/mol. The molecule has 0 aromatic carbocycles. The van der Waals surface area contributed by atoms with E-state index in [9.17, 15) is 8.42 Å². The second kappa shape index (κ2) is 5.37. The van der Waals surface area contributed by atoms with E-state index < -0.39 is 16.1 Å². The molecule has 1 heterocycles. The minimum atomic E-state index is -3.50. The summed E-state index contributed by atoms with van der Waals surface area (Å²) < 4.78 is 30.3. The molecule has 0 saturated carbocycles. The number of ether oxygens (including phenoxy) is 1. The SMILES string of the molecule is CC1COC(CO)CN1S(=O)(=O)CC(N)=S. The van der Waals surface area contributed by atoms with Gasteiger partial charge in [-0.15, -0.1) is 0 Å². The molecule has 6 nitrogen and oxygen atoms in total. The summed E-state index contributed by atoms with van der Waals surface area (Å²) in [7, 11) is -3.50. The van der Waals surface area contributed by atoms with Gasteiger partial charge in [-0.3, -0.25) is 0 Å². The number of nitrogens with zero attached hydrogens (tertiary/aromatic N) is 1. The average Bonchev–Trinajstić information content (AvgIpc) is 2.16. The molecule has 8 heteroatoms. The molecule has 16 heavy (non-hydrogen) atoms. The highest BCUT2D eigenvalue weighted by Gasteiger charge is 2.34. The Morgan fingerprint density at radius 3 is 2.81 bits per heavy atom. The summed E-state index contributed by atoms with van der Waals surface area (Å²) in [6.07, 6.45) is -0.475. The largest absolute Gasteiger partial charge is 0.394 e. The van der Waals surface area contributed by atoms with Crippen LogP contribution in [0.1, 0.15) is 6.92 Å². The quantitative estimate of drug-likeness (QED) is 0.615. The van der Waals surface area contributed by atoms with Crippen molar-refractivity contribution in [1.82, 2.24) is 4.31 Å². The molecular weight excluding hydrogens is 252 g/mol. The zero-order chi connectivity index (χ0) is 12.3. The molecule has 0 radical (unpaired) electrons. The predicted molar refractivity (Wildman–Crippen MR) is 63.6 cm³/mol. The van der Waals surface area contributed by atoms with Gasteiger partial charge in [-0.05, 0) is 6.92 Å². The van der Waals surface area contributed by atoms with Crippen LogP contribution in [0, 0.1) is 0 Å². The molecule has 0 spiro atoms. The normalized spacial score (nSPS) is 27.9. The predicted octanol–water partition coefficient (Wildman–Crippen LogP) is -1.32. The number of morpholine rings is 1. The molecule has 94 valence electrons. The Morgan fingerprint density at radius 1 is 1.69 bits per heavy atom. The van der Waals surface area contributed by atoms with E-state index in [1.54, 1.807) is 6.92 Å². The van der Waals surface area contributed by atoms with Gasteiger partial charge < -0.3 is 15.6 Å².